The first kappa shape index (κ1) is 23.5. The average Bonchev–Trinajstić information content (AvgIpc) is 2.80. The van der Waals surface area contributed by atoms with Crippen LogP contribution in [0, 0.1) is 12.7 Å². The SMILES string of the molecule is CCOc1cc(C=NNC(=O)c2ccc(C)cc2)ccc1OCC(=O)Nc1ccccc1F. The lowest BCUT2D eigenvalue weighted by molar-refractivity contribution is -0.118. The summed E-state index contributed by atoms with van der Waals surface area (Å²) < 4.78 is 24.8. The smallest absolute Gasteiger partial charge is 0.271 e. The lowest BCUT2D eigenvalue weighted by Crippen LogP contribution is -2.21. The monoisotopic (exact) mass is 449 g/mol. The van der Waals surface area contributed by atoms with Crippen LogP contribution in [0.3, 0.4) is 0 Å². The summed E-state index contributed by atoms with van der Waals surface area (Å²) in [4.78, 5) is 24.2. The number of rotatable bonds is 9. The standard InChI is InChI=1S/C25H24FN3O4/c1-3-32-23-14-18(15-27-29-25(31)19-11-8-17(2)9-12-19)10-13-22(23)33-16-24(30)28-21-7-5-4-6-20(21)26/h4-15H,3,16H2,1-2H3,(H,28,30)(H,29,31). The molecule has 2 amide bonds. The van der Waals surface area contributed by atoms with Gasteiger partial charge in [-0.2, -0.15) is 5.10 Å². The lowest BCUT2D eigenvalue weighted by atomic mass is 10.1. The first-order chi connectivity index (χ1) is 16.0. The van der Waals surface area contributed by atoms with Crippen LogP contribution < -0.4 is 20.2 Å². The van der Waals surface area contributed by atoms with E-state index in [-0.39, 0.29) is 18.2 Å². The molecule has 0 aliphatic carbocycles. The predicted octanol–water partition coefficient (Wildman–Crippen LogP) is 4.31. The first-order valence-electron chi connectivity index (χ1n) is 10.3. The van der Waals surface area contributed by atoms with E-state index in [1.807, 2.05) is 26.0 Å². The molecule has 0 unspecified atom stereocenters. The number of nitrogens with one attached hydrogen (secondary N) is 2. The largest absolute Gasteiger partial charge is 0.490 e. The second-order valence-corrected chi connectivity index (χ2v) is 7.02. The molecule has 0 spiro atoms. The van der Waals surface area contributed by atoms with Gasteiger partial charge in [0.2, 0.25) is 0 Å². The van der Waals surface area contributed by atoms with Gasteiger partial charge in [-0.1, -0.05) is 29.8 Å². The number of carbonyl (C=O) groups excluding carboxylic acids is 2. The Bertz CT molecular complexity index is 1150. The summed E-state index contributed by atoms with van der Waals surface area (Å²) in [6.45, 7) is 3.81. The maximum atomic E-state index is 13.7. The molecule has 0 heterocycles. The third kappa shape index (κ3) is 6.90. The number of hydrogen-bond acceptors (Lipinski definition) is 5. The minimum absolute atomic E-state index is 0.0791. The maximum absolute atomic E-state index is 13.7. The van der Waals surface area contributed by atoms with Crippen molar-refractivity contribution in [3.05, 3.63) is 89.2 Å². The van der Waals surface area contributed by atoms with Gasteiger partial charge in [0.05, 0.1) is 18.5 Å². The Hall–Kier alpha value is -4.20. The summed E-state index contributed by atoms with van der Waals surface area (Å²) in [7, 11) is 0. The summed E-state index contributed by atoms with van der Waals surface area (Å²) in [5, 5.41) is 6.44. The Balaban J connectivity index is 1.60. The molecule has 0 aromatic heterocycles. The zero-order valence-corrected chi connectivity index (χ0v) is 18.3. The molecule has 3 aromatic rings. The predicted molar refractivity (Wildman–Crippen MR) is 124 cm³/mol. The minimum Gasteiger partial charge on any atom is -0.490 e. The van der Waals surface area contributed by atoms with E-state index in [0.29, 0.717) is 29.2 Å². The van der Waals surface area contributed by atoms with Gasteiger partial charge in [0.15, 0.2) is 18.1 Å². The fourth-order valence-corrected chi connectivity index (χ4v) is 2.82. The van der Waals surface area contributed by atoms with Crippen molar-refractivity contribution < 1.29 is 23.5 Å². The molecule has 3 aromatic carbocycles. The molecule has 33 heavy (non-hydrogen) atoms. The van der Waals surface area contributed by atoms with Gasteiger partial charge in [-0.3, -0.25) is 9.59 Å². The number of nitrogens with zero attached hydrogens (tertiary/aromatic N) is 1. The Morgan fingerprint density at radius 2 is 1.76 bits per heavy atom. The van der Waals surface area contributed by atoms with Gasteiger partial charge >= 0.3 is 0 Å². The quantitative estimate of drug-likeness (QED) is 0.376. The molecule has 0 radical (unpaired) electrons. The van der Waals surface area contributed by atoms with Crippen LogP contribution in [0.15, 0.2) is 71.8 Å². The highest BCUT2D eigenvalue weighted by Gasteiger charge is 2.11. The number of amides is 2. The molecule has 8 heteroatoms. The van der Waals surface area contributed by atoms with E-state index in [1.54, 1.807) is 36.4 Å². The topological polar surface area (TPSA) is 89.0 Å². The zero-order valence-electron chi connectivity index (χ0n) is 18.3. The van der Waals surface area contributed by atoms with E-state index in [9.17, 15) is 14.0 Å². The molecular formula is C25H24FN3O4. The fourth-order valence-electron chi connectivity index (χ4n) is 2.82. The minimum atomic E-state index is -0.529. The number of halogens is 1. The van der Waals surface area contributed by atoms with Crippen LogP contribution in [0.4, 0.5) is 10.1 Å². The average molecular weight is 449 g/mol. The van der Waals surface area contributed by atoms with E-state index >= 15 is 0 Å². The molecule has 0 bridgehead atoms. The van der Waals surface area contributed by atoms with Gasteiger partial charge in [-0.05, 0) is 61.9 Å². The number of anilines is 1. The van der Waals surface area contributed by atoms with Crippen LogP contribution in [0.1, 0.15) is 28.4 Å². The lowest BCUT2D eigenvalue weighted by Gasteiger charge is -2.13. The molecular weight excluding hydrogens is 425 g/mol. The van der Waals surface area contributed by atoms with Crippen molar-refractivity contribution in [1.29, 1.82) is 0 Å². The summed E-state index contributed by atoms with van der Waals surface area (Å²) >= 11 is 0. The van der Waals surface area contributed by atoms with Crippen LogP contribution in [0.25, 0.3) is 0 Å². The normalized spacial score (nSPS) is 10.6. The molecule has 7 nitrogen and oxygen atoms in total. The van der Waals surface area contributed by atoms with Crippen LogP contribution in [-0.2, 0) is 4.79 Å². The molecule has 0 saturated carbocycles. The zero-order chi connectivity index (χ0) is 23.6. The van der Waals surface area contributed by atoms with Crippen LogP contribution in [-0.4, -0.2) is 31.2 Å². The highest BCUT2D eigenvalue weighted by molar-refractivity contribution is 5.95. The van der Waals surface area contributed by atoms with Gasteiger partial charge in [0.1, 0.15) is 5.82 Å². The molecule has 2 N–H and O–H groups in total. The summed E-state index contributed by atoms with van der Waals surface area (Å²) in [6.07, 6.45) is 1.48. The fraction of sp³-hybridized carbons (Fsp3) is 0.160. The van der Waals surface area contributed by atoms with Crippen molar-refractivity contribution in [2.24, 2.45) is 5.10 Å². The molecule has 170 valence electrons. The molecule has 0 aliphatic rings. The third-order valence-corrected chi connectivity index (χ3v) is 4.47. The Kier molecular flexibility index (Phi) is 8.13. The number of benzene rings is 3. The molecule has 3 rings (SSSR count). The van der Waals surface area contributed by atoms with Crippen molar-refractivity contribution in [2.75, 3.05) is 18.5 Å². The summed E-state index contributed by atoms with van der Waals surface area (Å²) in [5.41, 5.74) is 4.78. The van der Waals surface area contributed by atoms with Gasteiger partial charge in [0.25, 0.3) is 11.8 Å². The highest BCUT2D eigenvalue weighted by atomic mass is 19.1. The first-order valence-corrected chi connectivity index (χ1v) is 10.3. The Labute approximate surface area is 191 Å². The number of para-hydroxylation sites is 1. The molecule has 0 aliphatic heterocycles. The van der Waals surface area contributed by atoms with E-state index < -0.39 is 11.7 Å². The Morgan fingerprint density at radius 3 is 2.48 bits per heavy atom. The summed E-state index contributed by atoms with van der Waals surface area (Å²) in [5.74, 6) is -0.602. The molecule has 0 atom stereocenters. The number of hydrazone groups is 1. The number of hydrogen-bond donors (Lipinski definition) is 2. The number of aryl methyl sites for hydroxylation is 1. The van der Waals surface area contributed by atoms with Crippen molar-refractivity contribution in [2.45, 2.75) is 13.8 Å². The van der Waals surface area contributed by atoms with Crippen molar-refractivity contribution in [3.8, 4) is 11.5 Å². The van der Waals surface area contributed by atoms with Crippen LogP contribution in [0.2, 0.25) is 0 Å². The van der Waals surface area contributed by atoms with Crippen LogP contribution >= 0.6 is 0 Å². The van der Waals surface area contributed by atoms with E-state index in [2.05, 4.69) is 15.8 Å². The van der Waals surface area contributed by atoms with E-state index in [0.717, 1.165) is 5.56 Å². The van der Waals surface area contributed by atoms with Gasteiger partial charge in [-0.25, -0.2) is 9.82 Å². The number of ether oxygens (including phenoxy) is 2. The van der Waals surface area contributed by atoms with E-state index in [1.165, 1.54) is 24.4 Å². The summed E-state index contributed by atoms with van der Waals surface area (Å²) in [6, 6.07) is 18.0. The van der Waals surface area contributed by atoms with E-state index in [4.69, 9.17) is 9.47 Å². The van der Waals surface area contributed by atoms with Gasteiger partial charge in [-0.15, -0.1) is 0 Å². The second kappa shape index (κ2) is 11.4. The number of carbonyl (C=O) groups is 2. The maximum Gasteiger partial charge on any atom is 0.271 e. The van der Waals surface area contributed by atoms with Crippen molar-refractivity contribution >= 4 is 23.7 Å². The van der Waals surface area contributed by atoms with Gasteiger partial charge < -0.3 is 14.8 Å². The third-order valence-electron chi connectivity index (χ3n) is 4.47. The molecule has 0 saturated heterocycles. The van der Waals surface area contributed by atoms with Crippen LogP contribution in [0.5, 0.6) is 11.5 Å². The highest BCUT2D eigenvalue weighted by Crippen LogP contribution is 2.28. The Morgan fingerprint density at radius 1 is 1.00 bits per heavy atom. The molecule has 0 fully saturated rings. The second-order valence-electron chi connectivity index (χ2n) is 7.02. The van der Waals surface area contributed by atoms with Crippen molar-refractivity contribution in [3.63, 3.8) is 0 Å². The van der Waals surface area contributed by atoms with Crippen molar-refractivity contribution in [1.82, 2.24) is 5.43 Å². The van der Waals surface area contributed by atoms with Gasteiger partial charge in [0, 0.05) is 5.56 Å².